The predicted molar refractivity (Wildman–Crippen MR) is 75.8 cm³/mol. The van der Waals surface area contributed by atoms with Crippen molar-refractivity contribution >= 4 is 11.4 Å². The normalized spacial score (nSPS) is 10.1. The maximum atomic E-state index is 5.93. The second kappa shape index (κ2) is 5.96. The van der Waals surface area contributed by atoms with E-state index in [0.29, 0.717) is 6.61 Å². The van der Waals surface area contributed by atoms with Gasteiger partial charge in [-0.25, -0.2) is 0 Å². The van der Waals surface area contributed by atoms with E-state index in [-0.39, 0.29) is 0 Å². The van der Waals surface area contributed by atoms with Crippen LogP contribution in [0.2, 0.25) is 0 Å². The summed E-state index contributed by atoms with van der Waals surface area (Å²) >= 11 is 0. The molecule has 0 unspecified atom stereocenters. The molecule has 0 radical (unpaired) electrons. The highest BCUT2D eigenvalue weighted by Gasteiger charge is 2.01. The van der Waals surface area contributed by atoms with E-state index in [2.05, 4.69) is 17.4 Å². The fraction of sp³-hybridized carbons (Fsp3) is 0.200. The van der Waals surface area contributed by atoms with E-state index in [9.17, 15) is 0 Å². The molecule has 18 heavy (non-hydrogen) atoms. The van der Waals surface area contributed by atoms with Gasteiger partial charge in [0.1, 0.15) is 5.75 Å². The van der Waals surface area contributed by atoms with E-state index in [4.69, 9.17) is 10.5 Å². The van der Waals surface area contributed by atoms with Gasteiger partial charge in [-0.3, -0.25) is 0 Å². The van der Waals surface area contributed by atoms with Crippen LogP contribution < -0.4 is 15.8 Å². The first kappa shape index (κ1) is 12.3. The number of nitrogens with one attached hydrogen (secondary N) is 1. The largest absolute Gasteiger partial charge is 0.494 e. The molecule has 0 aliphatic carbocycles. The monoisotopic (exact) mass is 242 g/mol. The zero-order valence-electron chi connectivity index (χ0n) is 10.5. The van der Waals surface area contributed by atoms with E-state index in [1.165, 1.54) is 5.56 Å². The first-order valence-corrected chi connectivity index (χ1v) is 6.09. The third kappa shape index (κ3) is 3.17. The molecule has 0 amide bonds. The molecule has 0 saturated heterocycles. The molecule has 3 heteroatoms. The van der Waals surface area contributed by atoms with Crippen LogP contribution >= 0.6 is 0 Å². The summed E-state index contributed by atoms with van der Waals surface area (Å²) < 4.78 is 5.46. The summed E-state index contributed by atoms with van der Waals surface area (Å²) in [7, 11) is 0. The summed E-state index contributed by atoms with van der Waals surface area (Å²) in [5.74, 6) is 0.835. The van der Waals surface area contributed by atoms with Gasteiger partial charge in [0, 0.05) is 12.6 Å². The van der Waals surface area contributed by atoms with Crippen molar-refractivity contribution in [1.82, 2.24) is 0 Å². The molecule has 0 heterocycles. The van der Waals surface area contributed by atoms with Crippen molar-refractivity contribution in [1.29, 1.82) is 0 Å². The van der Waals surface area contributed by atoms with Gasteiger partial charge in [-0.2, -0.15) is 0 Å². The van der Waals surface area contributed by atoms with Gasteiger partial charge in [0.05, 0.1) is 18.0 Å². The molecule has 0 bridgehead atoms. The Morgan fingerprint density at radius 1 is 1.11 bits per heavy atom. The lowest BCUT2D eigenvalue weighted by molar-refractivity contribution is 0.340. The molecule has 2 aromatic rings. The Kier molecular flexibility index (Phi) is 4.07. The second-order valence-electron chi connectivity index (χ2n) is 4.02. The SMILES string of the molecule is CCOc1ccc(N)c(NCc2ccccc2)c1. The smallest absolute Gasteiger partial charge is 0.121 e. The van der Waals surface area contributed by atoms with Crippen molar-refractivity contribution in [2.24, 2.45) is 0 Å². The molecule has 3 nitrogen and oxygen atoms in total. The molecule has 0 aliphatic rings. The zero-order valence-corrected chi connectivity index (χ0v) is 10.5. The Hall–Kier alpha value is -2.16. The van der Waals surface area contributed by atoms with Gasteiger partial charge in [0.2, 0.25) is 0 Å². The number of rotatable bonds is 5. The summed E-state index contributed by atoms with van der Waals surface area (Å²) in [6, 6.07) is 15.9. The maximum Gasteiger partial charge on any atom is 0.121 e. The van der Waals surface area contributed by atoms with Crippen molar-refractivity contribution in [2.45, 2.75) is 13.5 Å². The van der Waals surface area contributed by atoms with E-state index >= 15 is 0 Å². The van der Waals surface area contributed by atoms with E-state index < -0.39 is 0 Å². The van der Waals surface area contributed by atoms with Crippen LogP contribution in [-0.4, -0.2) is 6.61 Å². The number of anilines is 2. The summed E-state index contributed by atoms with van der Waals surface area (Å²) in [6.07, 6.45) is 0. The molecule has 0 spiro atoms. The lowest BCUT2D eigenvalue weighted by atomic mass is 10.2. The third-order valence-electron chi connectivity index (χ3n) is 2.66. The number of ether oxygens (including phenoxy) is 1. The van der Waals surface area contributed by atoms with Gasteiger partial charge < -0.3 is 15.8 Å². The molecular formula is C15H18N2O. The molecule has 0 saturated carbocycles. The highest BCUT2D eigenvalue weighted by Crippen LogP contribution is 2.25. The maximum absolute atomic E-state index is 5.93. The molecule has 0 atom stereocenters. The Bertz CT molecular complexity index is 497. The van der Waals surface area contributed by atoms with Crippen LogP contribution in [-0.2, 0) is 6.54 Å². The van der Waals surface area contributed by atoms with E-state index in [1.807, 2.05) is 43.3 Å². The van der Waals surface area contributed by atoms with Crippen molar-refractivity contribution in [3.05, 3.63) is 54.1 Å². The number of nitrogen functional groups attached to an aromatic ring is 1. The molecule has 94 valence electrons. The number of benzene rings is 2. The standard InChI is InChI=1S/C15H18N2O/c1-2-18-13-8-9-14(16)15(10-13)17-11-12-6-4-3-5-7-12/h3-10,17H,2,11,16H2,1H3. The highest BCUT2D eigenvalue weighted by atomic mass is 16.5. The number of hydrogen-bond donors (Lipinski definition) is 2. The lowest BCUT2D eigenvalue weighted by Gasteiger charge is -2.11. The van der Waals surface area contributed by atoms with Gasteiger partial charge in [0.15, 0.2) is 0 Å². The summed E-state index contributed by atoms with van der Waals surface area (Å²) in [5.41, 5.74) is 8.79. The summed E-state index contributed by atoms with van der Waals surface area (Å²) in [6.45, 7) is 3.37. The van der Waals surface area contributed by atoms with Crippen molar-refractivity contribution < 1.29 is 4.74 Å². The van der Waals surface area contributed by atoms with Crippen LogP contribution in [0.15, 0.2) is 48.5 Å². The fourth-order valence-corrected chi connectivity index (χ4v) is 1.74. The average molecular weight is 242 g/mol. The number of hydrogen-bond acceptors (Lipinski definition) is 3. The number of nitrogens with two attached hydrogens (primary N) is 1. The van der Waals surface area contributed by atoms with Gasteiger partial charge in [-0.05, 0) is 24.6 Å². The van der Waals surface area contributed by atoms with Crippen LogP contribution in [0, 0.1) is 0 Å². The van der Waals surface area contributed by atoms with Gasteiger partial charge in [-0.15, -0.1) is 0 Å². The zero-order chi connectivity index (χ0) is 12.8. The fourth-order valence-electron chi connectivity index (χ4n) is 1.74. The minimum absolute atomic E-state index is 0.655. The minimum atomic E-state index is 0.655. The van der Waals surface area contributed by atoms with Crippen LogP contribution in [0.4, 0.5) is 11.4 Å². The van der Waals surface area contributed by atoms with Crippen molar-refractivity contribution in [2.75, 3.05) is 17.7 Å². The molecule has 3 N–H and O–H groups in total. The average Bonchev–Trinajstić information content (AvgIpc) is 2.41. The van der Waals surface area contributed by atoms with Crippen LogP contribution in [0.3, 0.4) is 0 Å². The summed E-state index contributed by atoms with van der Waals surface area (Å²) in [4.78, 5) is 0. The molecule has 0 aromatic heterocycles. The van der Waals surface area contributed by atoms with Gasteiger partial charge in [0.25, 0.3) is 0 Å². The molecule has 0 fully saturated rings. The Balaban J connectivity index is 2.06. The topological polar surface area (TPSA) is 47.3 Å². The molecule has 2 rings (SSSR count). The first-order chi connectivity index (χ1) is 8.79. The molecular weight excluding hydrogens is 224 g/mol. The first-order valence-electron chi connectivity index (χ1n) is 6.09. The van der Waals surface area contributed by atoms with Crippen molar-refractivity contribution in [3.8, 4) is 5.75 Å². The van der Waals surface area contributed by atoms with Crippen LogP contribution in [0.1, 0.15) is 12.5 Å². The van der Waals surface area contributed by atoms with Gasteiger partial charge in [-0.1, -0.05) is 30.3 Å². The van der Waals surface area contributed by atoms with Gasteiger partial charge >= 0.3 is 0 Å². The van der Waals surface area contributed by atoms with E-state index in [1.54, 1.807) is 0 Å². The Morgan fingerprint density at radius 3 is 2.61 bits per heavy atom. The minimum Gasteiger partial charge on any atom is -0.494 e. The Morgan fingerprint density at radius 2 is 1.89 bits per heavy atom. The summed E-state index contributed by atoms with van der Waals surface area (Å²) in [5, 5.41) is 3.32. The Labute approximate surface area is 108 Å². The highest BCUT2D eigenvalue weighted by molar-refractivity contribution is 5.68. The molecule has 0 aliphatic heterocycles. The predicted octanol–water partition coefficient (Wildman–Crippen LogP) is 3.28. The molecule has 2 aromatic carbocycles. The quantitative estimate of drug-likeness (QED) is 0.791. The van der Waals surface area contributed by atoms with Crippen LogP contribution in [0.25, 0.3) is 0 Å². The lowest BCUT2D eigenvalue weighted by Crippen LogP contribution is -2.03. The second-order valence-corrected chi connectivity index (χ2v) is 4.02. The van der Waals surface area contributed by atoms with E-state index in [0.717, 1.165) is 23.7 Å². The third-order valence-corrected chi connectivity index (χ3v) is 2.66. The van der Waals surface area contributed by atoms with Crippen LogP contribution in [0.5, 0.6) is 5.75 Å². The van der Waals surface area contributed by atoms with Crippen molar-refractivity contribution in [3.63, 3.8) is 0 Å².